The van der Waals surface area contributed by atoms with Crippen LogP contribution >= 0.6 is 11.6 Å². The lowest BCUT2D eigenvalue weighted by atomic mass is 9.96. The minimum Gasteiger partial charge on any atom is -0.491 e. The van der Waals surface area contributed by atoms with Crippen LogP contribution in [-0.2, 0) is 10.2 Å². The van der Waals surface area contributed by atoms with E-state index in [4.69, 9.17) is 16.3 Å². The van der Waals surface area contributed by atoms with E-state index in [2.05, 4.69) is 4.90 Å². The minimum absolute atomic E-state index is 0.158. The smallest absolute Gasteiger partial charge is 0.282 e. The zero-order valence-corrected chi connectivity index (χ0v) is 17.6. The van der Waals surface area contributed by atoms with Crippen LogP contribution in [-0.4, -0.2) is 74.3 Å². The third-order valence-corrected chi connectivity index (χ3v) is 7.97. The Labute approximate surface area is 168 Å². The molecule has 0 spiro atoms. The SMILES string of the molecule is CN(C1CCCCC1)S(=O)(=O)N1CCN(CCOc2ccccc2Cl)CC1. The first-order valence-electron chi connectivity index (χ1n) is 9.81. The molecule has 1 aromatic rings. The molecule has 1 aliphatic carbocycles. The molecule has 0 unspecified atom stereocenters. The highest BCUT2D eigenvalue weighted by Gasteiger charge is 2.34. The van der Waals surface area contributed by atoms with Gasteiger partial charge in [0.2, 0.25) is 0 Å². The van der Waals surface area contributed by atoms with Gasteiger partial charge in [-0.2, -0.15) is 17.0 Å². The summed E-state index contributed by atoms with van der Waals surface area (Å²) in [5.74, 6) is 0.689. The van der Waals surface area contributed by atoms with Gasteiger partial charge in [-0.15, -0.1) is 0 Å². The van der Waals surface area contributed by atoms with Crippen molar-refractivity contribution in [2.45, 2.75) is 38.1 Å². The van der Waals surface area contributed by atoms with Crippen molar-refractivity contribution in [2.75, 3.05) is 46.4 Å². The Balaban J connectivity index is 1.44. The summed E-state index contributed by atoms with van der Waals surface area (Å²) in [6.45, 7) is 3.82. The summed E-state index contributed by atoms with van der Waals surface area (Å²) in [6.07, 6.45) is 5.44. The summed E-state index contributed by atoms with van der Waals surface area (Å²) >= 11 is 6.09. The number of nitrogens with zero attached hydrogens (tertiary/aromatic N) is 3. The van der Waals surface area contributed by atoms with Gasteiger partial charge in [-0.1, -0.05) is 43.0 Å². The topological polar surface area (TPSA) is 53.1 Å². The predicted molar refractivity (Wildman–Crippen MR) is 109 cm³/mol. The molecule has 2 fully saturated rings. The molecular formula is C19H30ClN3O3S. The van der Waals surface area contributed by atoms with Crippen LogP contribution in [0.25, 0.3) is 0 Å². The van der Waals surface area contributed by atoms with Crippen LogP contribution < -0.4 is 4.74 Å². The van der Waals surface area contributed by atoms with Crippen LogP contribution in [0.15, 0.2) is 24.3 Å². The van der Waals surface area contributed by atoms with Gasteiger partial charge >= 0.3 is 0 Å². The van der Waals surface area contributed by atoms with Crippen molar-refractivity contribution in [1.29, 1.82) is 0 Å². The fraction of sp³-hybridized carbons (Fsp3) is 0.684. The normalized spacial score (nSPS) is 20.9. The Kier molecular flexibility index (Phi) is 7.39. The minimum atomic E-state index is -3.36. The van der Waals surface area contributed by atoms with Gasteiger partial charge in [-0.25, -0.2) is 0 Å². The Morgan fingerprint density at radius 3 is 2.44 bits per heavy atom. The van der Waals surface area contributed by atoms with Crippen LogP contribution in [0.3, 0.4) is 0 Å². The third-order valence-electron chi connectivity index (χ3n) is 5.61. The van der Waals surface area contributed by atoms with Gasteiger partial charge in [0, 0.05) is 45.8 Å². The van der Waals surface area contributed by atoms with Gasteiger partial charge < -0.3 is 4.74 Å². The number of benzene rings is 1. The van der Waals surface area contributed by atoms with Crippen LogP contribution in [0.5, 0.6) is 5.75 Å². The van der Waals surface area contributed by atoms with Gasteiger partial charge in [0.05, 0.1) is 5.02 Å². The molecule has 0 N–H and O–H groups in total. The Morgan fingerprint density at radius 1 is 1.11 bits per heavy atom. The molecule has 0 atom stereocenters. The van der Waals surface area contributed by atoms with E-state index in [9.17, 15) is 8.42 Å². The first kappa shape index (κ1) is 20.9. The monoisotopic (exact) mass is 415 g/mol. The molecule has 0 radical (unpaired) electrons. The maximum atomic E-state index is 12.9. The molecule has 1 saturated heterocycles. The molecular weight excluding hydrogens is 386 g/mol. The van der Waals surface area contributed by atoms with Gasteiger partial charge in [-0.05, 0) is 25.0 Å². The van der Waals surface area contributed by atoms with E-state index >= 15 is 0 Å². The molecule has 1 aromatic carbocycles. The molecule has 6 nitrogen and oxygen atoms in total. The molecule has 0 amide bonds. The fourth-order valence-electron chi connectivity index (χ4n) is 3.85. The number of rotatable bonds is 7. The standard InChI is InChI=1S/C19H30ClN3O3S/c1-21(17-7-3-2-4-8-17)27(24,25)23-13-11-22(12-14-23)15-16-26-19-10-6-5-9-18(19)20/h5-6,9-10,17H,2-4,7-8,11-16H2,1H3. The van der Waals surface area contributed by atoms with Crippen LogP contribution in [0.4, 0.5) is 0 Å². The number of ether oxygens (including phenoxy) is 1. The molecule has 152 valence electrons. The Hall–Kier alpha value is -0.860. The van der Waals surface area contributed by atoms with E-state index in [0.717, 1.165) is 45.3 Å². The van der Waals surface area contributed by atoms with Crippen molar-refractivity contribution >= 4 is 21.8 Å². The van der Waals surface area contributed by atoms with Crippen molar-refractivity contribution in [1.82, 2.24) is 13.5 Å². The van der Waals surface area contributed by atoms with E-state index in [1.165, 1.54) is 6.42 Å². The molecule has 3 rings (SSSR count). The van der Waals surface area contributed by atoms with Gasteiger partial charge in [0.15, 0.2) is 0 Å². The number of para-hydroxylation sites is 1. The highest BCUT2D eigenvalue weighted by atomic mass is 35.5. The number of halogens is 1. The molecule has 1 aliphatic heterocycles. The van der Waals surface area contributed by atoms with Crippen molar-refractivity contribution in [3.8, 4) is 5.75 Å². The first-order valence-corrected chi connectivity index (χ1v) is 11.6. The average Bonchev–Trinajstić information content (AvgIpc) is 2.70. The second kappa shape index (κ2) is 9.56. The third kappa shape index (κ3) is 5.35. The lowest BCUT2D eigenvalue weighted by molar-refractivity contribution is 0.152. The number of hydrogen-bond donors (Lipinski definition) is 0. The quantitative estimate of drug-likeness (QED) is 0.687. The zero-order chi connectivity index (χ0) is 19.3. The van der Waals surface area contributed by atoms with Gasteiger partial charge in [0.1, 0.15) is 12.4 Å². The van der Waals surface area contributed by atoms with Crippen molar-refractivity contribution in [3.63, 3.8) is 0 Å². The lowest BCUT2D eigenvalue weighted by Crippen LogP contribution is -2.54. The molecule has 8 heteroatoms. The van der Waals surface area contributed by atoms with Crippen molar-refractivity contribution < 1.29 is 13.2 Å². The summed E-state index contributed by atoms with van der Waals surface area (Å²) in [7, 11) is -1.62. The fourth-order valence-corrected chi connectivity index (χ4v) is 5.61. The largest absolute Gasteiger partial charge is 0.491 e. The summed E-state index contributed by atoms with van der Waals surface area (Å²) < 4.78 is 34.8. The summed E-state index contributed by atoms with van der Waals surface area (Å²) in [4.78, 5) is 2.24. The molecule has 27 heavy (non-hydrogen) atoms. The molecule has 1 saturated carbocycles. The van der Waals surface area contributed by atoms with E-state index in [1.54, 1.807) is 15.7 Å². The maximum Gasteiger partial charge on any atom is 0.282 e. The second-order valence-electron chi connectivity index (χ2n) is 7.34. The van der Waals surface area contributed by atoms with Crippen molar-refractivity contribution in [2.24, 2.45) is 0 Å². The Bertz CT molecular complexity index is 702. The van der Waals surface area contributed by atoms with Crippen LogP contribution in [0, 0.1) is 0 Å². The Morgan fingerprint density at radius 2 is 1.78 bits per heavy atom. The average molecular weight is 416 g/mol. The molecule has 0 bridgehead atoms. The molecule has 1 heterocycles. The highest BCUT2D eigenvalue weighted by Crippen LogP contribution is 2.25. The summed E-state index contributed by atoms with van der Waals surface area (Å²) in [5, 5.41) is 0.610. The van der Waals surface area contributed by atoms with E-state index in [1.807, 2.05) is 24.3 Å². The van der Waals surface area contributed by atoms with Crippen LogP contribution in [0.2, 0.25) is 5.02 Å². The second-order valence-corrected chi connectivity index (χ2v) is 9.73. The van der Waals surface area contributed by atoms with E-state index in [-0.39, 0.29) is 6.04 Å². The maximum absolute atomic E-state index is 12.9. The summed E-state index contributed by atoms with van der Waals surface area (Å²) in [6, 6.07) is 7.59. The number of piperazine rings is 1. The van der Waals surface area contributed by atoms with Gasteiger partial charge in [-0.3, -0.25) is 4.90 Å². The van der Waals surface area contributed by atoms with E-state index < -0.39 is 10.2 Å². The van der Waals surface area contributed by atoms with Crippen molar-refractivity contribution in [3.05, 3.63) is 29.3 Å². The first-order chi connectivity index (χ1) is 13.0. The van der Waals surface area contributed by atoms with E-state index in [0.29, 0.717) is 30.5 Å². The van der Waals surface area contributed by atoms with Crippen LogP contribution in [0.1, 0.15) is 32.1 Å². The van der Waals surface area contributed by atoms with Gasteiger partial charge in [0.25, 0.3) is 10.2 Å². The highest BCUT2D eigenvalue weighted by molar-refractivity contribution is 7.86. The summed E-state index contributed by atoms with van der Waals surface area (Å²) in [5.41, 5.74) is 0. The molecule has 2 aliphatic rings. The predicted octanol–water partition coefficient (Wildman–Crippen LogP) is 2.85. The lowest BCUT2D eigenvalue weighted by Gasteiger charge is -2.38. The number of hydrogen-bond acceptors (Lipinski definition) is 4. The molecule has 0 aromatic heterocycles. The zero-order valence-electron chi connectivity index (χ0n) is 16.0.